The Kier molecular flexibility index (Phi) is 8.79. The molecule has 1 aromatic heterocycles. The number of rotatable bonds is 10. The molecule has 0 bridgehead atoms. The van der Waals surface area contributed by atoms with E-state index in [0.29, 0.717) is 24.5 Å². The number of amides is 2. The summed E-state index contributed by atoms with van der Waals surface area (Å²) in [5, 5.41) is 5.45. The zero-order valence-corrected chi connectivity index (χ0v) is 13.5. The Bertz CT molecular complexity index is 438. The van der Waals surface area contributed by atoms with Gasteiger partial charge in [-0.05, 0) is 12.8 Å². The Morgan fingerprint density at radius 3 is 1.73 bits per heavy atom. The van der Waals surface area contributed by atoms with Crippen LogP contribution in [0.25, 0.3) is 0 Å². The molecule has 0 saturated heterocycles. The normalized spacial score (nSPS) is 10.3. The van der Waals surface area contributed by atoms with E-state index in [2.05, 4.69) is 34.4 Å². The van der Waals surface area contributed by atoms with E-state index in [9.17, 15) is 9.59 Å². The molecule has 0 saturated carbocycles. The highest BCUT2D eigenvalue weighted by Gasteiger charge is 2.07. The molecular formula is C16H26N4O2. The predicted molar refractivity (Wildman–Crippen MR) is 87.6 cm³/mol. The van der Waals surface area contributed by atoms with Crippen molar-refractivity contribution >= 4 is 23.5 Å². The average molecular weight is 306 g/mol. The highest BCUT2D eigenvalue weighted by molar-refractivity contribution is 5.92. The summed E-state index contributed by atoms with van der Waals surface area (Å²) in [6.07, 6.45) is 8.27. The van der Waals surface area contributed by atoms with Crippen LogP contribution in [0, 0.1) is 0 Å². The smallest absolute Gasteiger partial charge is 0.225 e. The Balaban J connectivity index is 2.44. The first-order valence-corrected chi connectivity index (χ1v) is 8.07. The van der Waals surface area contributed by atoms with E-state index in [4.69, 9.17) is 0 Å². The van der Waals surface area contributed by atoms with Crippen molar-refractivity contribution in [1.82, 2.24) is 9.97 Å². The van der Waals surface area contributed by atoms with Gasteiger partial charge in [-0.25, -0.2) is 9.97 Å². The molecule has 2 amide bonds. The molecular weight excluding hydrogens is 280 g/mol. The number of unbranched alkanes of at least 4 members (excludes halogenated alkanes) is 4. The number of carbonyl (C=O) groups is 2. The van der Waals surface area contributed by atoms with Gasteiger partial charge in [0.15, 0.2) is 0 Å². The van der Waals surface area contributed by atoms with Crippen molar-refractivity contribution in [1.29, 1.82) is 0 Å². The molecule has 0 spiro atoms. The lowest BCUT2D eigenvalue weighted by atomic mass is 10.2. The third kappa shape index (κ3) is 7.71. The fraction of sp³-hybridized carbons (Fsp3) is 0.625. The van der Waals surface area contributed by atoms with Crippen LogP contribution in [0.4, 0.5) is 11.6 Å². The van der Waals surface area contributed by atoms with Crippen LogP contribution in [0.5, 0.6) is 0 Å². The third-order valence-electron chi connectivity index (χ3n) is 3.22. The first-order valence-electron chi connectivity index (χ1n) is 8.07. The molecule has 1 heterocycles. The molecule has 0 unspecified atom stereocenters. The van der Waals surface area contributed by atoms with Crippen molar-refractivity contribution in [2.75, 3.05) is 10.6 Å². The summed E-state index contributed by atoms with van der Waals surface area (Å²) in [4.78, 5) is 31.5. The fourth-order valence-corrected chi connectivity index (χ4v) is 1.98. The number of nitrogens with one attached hydrogen (secondary N) is 2. The van der Waals surface area contributed by atoms with Gasteiger partial charge in [-0.3, -0.25) is 9.59 Å². The fourth-order valence-electron chi connectivity index (χ4n) is 1.98. The van der Waals surface area contributed by atoms with Crippen molar-refractivity contribution in [3.05, 3.63) is 12.4 Å². The van der Waals surface area contributed by atoms with Gasteiger partial charge in [0.2, 0.25) is 11.8 Å². The summed E-state index contributed by atoms with van der Waals surface area (Å²) in [6, 6.07) is 1.58. The van der Waals surface area contributed by atoms with Crippen molar-refractivity contribution in [3.8, 4) is 0 Å². The van der Waals surface area contributed by atoms with Crippen LogP contribution >= 0.6 is 0 Å². The second kappa shape index (κ2) is 10.7. The van der Waals surface area contributed by atoms with Crippen LogP contribution in [0.2, 0.25) is 0 Å². The van der Waals surface area contributed by atoms with E-state index >= 15 is 0 Å². The Hall–Kier alpha value is -1.98. The molecule has 2 N–H and O–H groups in total. The zero-order chi connectivity index (χ0) is 16.2. The molecule has 22 heavy (non-hydrogen) atoms. The molecule has 1 rings (SSSR count). The number of nitrogens with zero attached hydrogens (tertiary/aromatic N) is 2. The van der Waals surface area contributed by atoms with Gasteiger partial charge >= 0.3 is 0 Å². The lowest BCUT2D eigenvalue weighted by molar-refractivity contribution is -0.117. The quantitative estimate of drug-likeness (QED) is 0.648. The van der Waals surface area contributed by atoms with Crippen LogP contribution in [0.15, 0.2) is 12.4 Å². The first-order chi connectivity index (χ1) is 10.7. The maximum absolute atomic E-state index is 11.7. The van der Waals surface area contributed by atoms with Crippen molar-refractivity contribution < 1.29 is 9.59 Å². The van der Waals surface area contributed by atoms with E-state index < -0.39 is 0 Å². The van der Waals surface area contributed by atoms with E-state index in [1.807, 2.05) is 0 Å². The summed E-state index contributed by atoms with van der Waals surface area (Å²) in [5.41, 5.74) is 0. The van der Waals surface area contributed by atoms with Gasteiger partial charge in [0.1, 0.15) is 18.0 Å². The number of hydrogen-bond acceptors (Lipinski definition) is 4. The first kappa shape index (κ1) is 18.1. The van der Waals surface area contributed by atoms with Gasteiger partial charge in [0.25, 0.3) is 0 Å². The van der Waals surface area contributed by atoms with Crippen LogP contribution in [0.3, 0.4) is 0 Å². The highest BCUT2D eigenvalue weighted by Crippen LogP contribution is 2.11. The summed E-state index contributed by atoms with van der Waals surface area (Å²) in [6.45, 7) is 4.19. The van der Waals surface area contributed by atoms with Gasteiger partial charge < -0.3 is 10.6 Å². The van der Waals surface area contributed by atoms with E-state index in [1.54, 1.807) is 6.07 Å². The van der Waals surface area contributed by atoms with Crippen molar-refractivity contribution in [2.24, 2.45) is 0 Å². The summed E-state index contributed by atoms with van der Waals surface area (Å²) in [7, 11) is 0. The number of hydrogen-bond donors (Lipinski definition) is 2. The second-order valence-corrected chi connectivity index (χ2v) is 5.30. The van der Waals surface area contributed by atoms with Crippen LogP contribution in [-0.2, 0) is 9.59 Å². The minimum absolute atomic E-state index is 0.0626. The van der Waals surface area contributed by atoms with Gasteiger partial charge in [0.05, 0.1) is 0 Å². The van der Waals surface area contributed by atoms with Crippen molar-refractivity contribution in [3.63, 3.8) is 0 Å². The molecule has 6 nitrogen and oxygen atoms in total. The average Bonchev–Trinajstić information content (AvgIpc) is 2.48. The third-order valence-corrected chi connectivity index (χ3v) is 3.22. The molecule has 0 fully saturated rings. The van der Waals surface area contributed by atoms with Crippen molar-refractivity contribution in [2.45, 2.75) is 65.2 Å². The van der Waals surface area contributed by atoms with E-state index in [-0.39, 0.29) is 11.8 Å². The minimum Gasteiger partial charge on any atom is -0.311 e. The Labute approximate surface area is 132 Å². The monoisotopic (exact) mass is 306 g/mol. The van der Waals surface area contributed by atoms with Crippen LogP contribution in [-0.4, -0.2) is 21.8 Å². The molecule has 6 heteroatoms. The lowest BCUT2D eigenvalue weighted by Crippen LogP contribution is -2.15. The van der Waals surface area contributed by atoms with Gasteiger partial charge in [-0.15, -0.1) is 0 Å². The molecule has 1 aromatic rings. The topological polar surface area (TPSA) is 84.0 Å². The van der Waals surface area contributed by atoms with Gasteiger partial charge in [-0.1, -0.05) is 39.5 Å². The molecule has 0 aliphatic heterocycles. The lowest BCUT2D eigenvalue weighted by Gasteiger charge is -2.07. The predicted octanol–water partition coefficient (Wildman–Crippen LogP) is 3.51. The van der Waals surface area contributed by atoms with Gasteiger partial charge in [-0.2, -0.15) is 0 Å². The van der Waals surface area contributed by atoms with E-state index in [1.165, 1.54) is 6.33 Å². The number of aromatic nitrogens is 2. The second-order valence-electron chi connectivity index (χ2n) is 5.30. The largest absolute Gasteiger partial charge is 0.311 e. The molecule has 122 valence electrons. The maximum atomic E-state index is 11.7. The molecule has 0 aromatic carbocycles. The molecule has 0 radical (unpaired) electrons. The summed E-state index contributed by atoms with van der Waals surface area (Å²) >= 11 is 0. The van der Waals surface area contributed by atoms with Crippen LogP contribution in [0.1, 0.15) is 65.2 Å². The number of carbonyl (C=O) groups excluding carboxylic acids is 2. The standard InChI is InChI=1S/C16H26N4O2/c1-3-5-7-9-15(21)19-13-11-14(18-12-17-13)20-16(22)10-8-6-4-2/h11-12H,3-10H2,1-2H3,(H2,17,18,19,20,21,22). The van der Waals surface area contributed by atoms with Crippen LogP contribution < -0.4 is 10.6 Å². The summed E-state index contributed by atoms with van der Waals surface area (Å²) < 4.78 is 0. The molecule has 0 atom stereocenters. The minimum atomic E-state index is -0.0626. The Morgan fingerprint density at radius 2 is 1.32 bits per heavy atom. The maximum Gasteiger partial charge on any atom is 0.225 e. The SMILES string of the molecule is CCCCCC(=O)Nc1cc(NC(=O)CCCCC)ncn1. The summed E-state index contributed by atoms with van der Waals surface area (Å²) in [5.74, 6) is 0.709. The zero-order valence-electron chi connectivity index (χ0n) is 13.5. The van der Waals surface area contributed by atoms with E-state index in [0.717, 1.165) is 38.5 Å². The molecule has 0 aliphatic rings. The number of anilines is 2. The highest BCUT2D eigenvalue weighted by atomic mass is 16.2. The molecule has 0 aliphatic carbocycles. The Morgan fingerprint density at radius 1 is 0.864 bits per heavy atom. The van der Waals surface area contributed by atoms with Gasteiger partial charge in [0, 0.05) is 18.9 Å².